The number of aromatic nitrogens is 4. The minimum absolute atomic E-state index is 0.424. The van der Waals surface area contributed by atoms with Crippen LogP contribution in [-0.4, -0.2) is 26.2 Å². The molecule has 0 aliphatic heterocycles. The Bertz CT molecular complexity index is 1330. The van der Waals surface area contributed by atoms with Crippen molar-refractivity contribution in [2.24, 2.45) is 5.10 Å². The van der Waals surface area contributed by atoms with Gasteiger partial charge in [0, 0.05) is 10.9 Å². The molecule has 0 saturated heterocycles. The van der Waals surface area contributed by atoms with Gasteiger partial charge in [-0.05, 0) is 18.2 Å². The second-order valence-corrected chi connectivity index (χ2v) is 6.43. The van der Waals surface area contributed by atoms with Gasteiger partial charge < -0.3 is 0 Å². The third-order valence-corrected chi connectivity index (χ3v) is 4.48. The van der Waals surface area contributed by atoms with E-state index in [4.69, 9.17) is 0 Å². The van der Waals surface area contributed by atoms with Gasteiger partial charge in [0.05, 0.1) is 34.7 Å². The summed E-state index contributed by atoms with van der Waals surface area (Å²) in [5, 5.41) is 5.25. The summed E-state index contributed by atoms with van der Waals surface area (Å²) >= 11 is 0. The van der Waals surface area contributed by atoms with Crippen molar-refractivity contribution in [3.05, 3.63) is 90.8 Å². The molecule has 0 aliphatic carbocycles. The Morgan fingerprint density at radius 1 is 0.690 bits per heavy atom. The zero-order chi connectivity index (χ0) is 19.5. The summed E-state index contributed by atoms with van der Waals surface area (Å²) < 4.78 is 0. The fraction of sp³-hybridized carbons (Fsp3) is 0. The van der Waals surface area contributed by atoms with Gasteiger partial charge in [-0.25, -0.2) is 20.4 Å². The number of para-hydroxylation sites is 3. The molecule has 5 aromatic rings. The molecule has 0 radical (unpaired) electrons. The molecule has 0 amide bonds. The van der Waals surface area contributed by atoms with Crippen molar-refractivity contribution in [1.29, 1.82) is 0 Å². The molecule has 3 aromatic carbocycles. The zero-order valence-corrected chi connectivity index (χ0v) is 15.4. The van der Waals surface area contributed by atoms with E-state index in [1.54, 1.807) is 12.4 Å². The van der Waals surface area contributed by atoms with E-state index in [1.165, 1.54) is 0 Å². The number of nitrogens with one attached hydrogen (secondary N) is 1. The van der Waals surface area contributed by atoms with Crippen LogP contribution in [0.2, 0.25) is 0 Å². The quantitative estimate of drug-likeness (QED) is 0.364. The third kappa shape index (κ3) is 3.51. The van der Waals surface area contributed by atoms with E-state index in [0.29, 0.717) is 11.6 Å². The molecule has 0 aliphatic rings. The summed E-state index contributed by atoms with van der Waals surface area (Å²) in [6.07, 6.45) is 3.30. The maximum Gasteiger partial charge on any atom is 0.244 e. The Balaban J connectivity index is 1.47. The number of benzene rings is 3. The fourth-order valence-corrected chi connectivity index (χ4v) is 3.13. The topological polar surface area (TPSA) is 76.0 Å². The van der Waals surface area contributed by atoms with Crippen LogP contribution in [0, 0.1) is 0 Å². The van der Waals surface area contributed by atoms with Crippen molar-refractivity contribution < 1.29 is 0 Å². The highest BCUT2D eigenvalue weighted by molar-refractivity contribution is 5.93. The maximum absolute atomic E-state index is 4.68. The number of fused-ring (bicyclic) bond motifs is 2. The van der Waals surface area contributed by atoms with E-state index in [-0.39, 0.29) is 0 Å². The lowest BCUT2D eigenvalue weighted by molar-refractivity contribution is 1.15. The van der Waals surface area contributed by atoms with Gasteiger partial charge >= 0.3 is 0 Å². The molecular formula is C23H16N6. The van der Waals surface area contributed by atoms with Crippen LogP contribution < -0.4 is 5.43 Å². The van der Waals surface area contributed by atoms with E-state index >= 15 is 0 Å². The Kier molecular flexibility index (Phi) is 4.35. The molecule has 6 heteroatoms. The molecule has 5 rings (SSSR count). The van der Waals surface area contributed by atoms with E-state index in [2.05, 4.69) is 30.5 Å². The molecule has 0 spiro atoms. The van der Waals surface area contributed by atoms with E-state index in [1.807, 2.05) is 78.9 Å². The average molecular weight is 376 g/mol. The number of hydrogen-bond acceptors (Lipinski definition) is 6. The summed E-state index contributed by atoms with van der Waals surface area (Å²) in [4.78, 5) is 18.2. The monoisotopic (exact) mass is 376 g/mol. The van der Waals surface area contributed by atoms with Crippen LogP contribution in [0.15, 0.2) is 90.2 Å². The molecule has 138 valence electrons. The Morgan fingerprint density at radius 3 is 2.28 bits per heavy atom. The van der Waals surface area contributed by atoms with Crippen molar-refractivity contribution in [3.63, 3.8) is 0 Å². The van der Waals surface area contributed by atoms with E-state index < -0.39 is 0 Å². The van der Waals surface area contributed by atoms with Crippen molar-refractivity contribution in [2.75, 3.05) is 5.43 Å². The molecular weight excluding hydrogens is 360 g/mol. The summed E-state index contributed by atoms with van der Waals surface area (Å²) in [5.41, 5.74) is 7.99. The van der Waals surface area contributed by atoms with Crippen LogP contribution in [-0.2, 0) is 0 Å². The van der Waals surface area contributed by atoms with E-state index in [9.17, 15) is 0 Å². The first-order chi connectivity index (χ1) is 14.4. The van der Waals surface area contributed by atoms with Crippen LogP contribution in [0.1, 0.15) is 5.69 Å². The molecule has 29 heavy (non-hydrogen) atoms. The van der Waals surface area contributed by atoms with Crippen molar-refractivity contribution in [3.8, 4) is 11.3 Å². The molecule has 0 unspecified atom stereocenters. The van der Waals surface area contributed by atoms with Gasteiger partial charge in [0.2, 0.25) is 5.95 Å². The summed E-state index contributed by atoms with van der Waals surface area (Å²) in [6, 6.07) is 25.7. The second kappa shape index (κ2) is 7.44. The second-order valence-electron chi connectivity index (χ2n) is 6.43. The maximum atomic E-state index is 4.68. The summed E-state index contributed by atoms with van der Waals surface area (Å²) in [6.45, 7) is 0. The van der Waals surface area contributed by atoms with Gasteiger partial charge in [0.25, 0.3) is 0 Å². The molecule has 2 aromatic heterocycles. The fourth-order valence-electron chi connectivity index (χ4n) is 3.13. The first-order valence-electron chi connectivity index (χ1n) is 9.20. The SMILES string of the molecule is C(=NNc1nc(-c2ccccc2)c2ccccc2n1)c1cnc2ccccc2n1. The van der Waals surface area contributed by atoms with Gasteiger partial charge in [-0.15, -0.1) is 0 Å². The van der Waals surface area contributed by atoms with Gasteiger partial charge in [0.15, 0.2) is 0 Å². The number of nitrogens with zero attached hydrogens (tertiary/aromatic N) is 5. The predicted molar refractivity (Wildman–Crippen MR) is 116 cm³/mol. The Labute approximate surface area is 167 Å². The lowest BCUT2D eigenvalue weighted by atomic mass is 10.1. The molecule has 0 fully saturated rings. The highest BCUT2D eigenvalue weighted by atomic mass is 15.3. The molecule has 2 heterocycles. The van der Waals surface area contributed by atoms with E-state index in [0.717, 1.165) is 33.2 Å². The standard InChI is InChI=1S/C23H16N6/c1-2-8-16(9-3-1)22-18-10-4-5-11-19(18)27-23(28-22)29-25-15-17-14-24-20-12-6-7-13-21(20)26-17/h1-15H,(H,27,28,29). The van der Waals surface area contributed by atoms with Gasteiger partial charge in [-0.3, -0.25) is 4.98 Å². The largest absolute Gasteiger partial charge is 0.252 e. The zero-order valence-electron chi connectivity index (χ0n) is 15.4. The lowest BCUT2D eigenvalue weighted by Gasteiger charge is -2.08. The normalized spacial score (nSPS) is 11.3. The van der Waals surface area contributed by atoms with Crippen LogP contribution in [0.3, 0.4) is 0 Å². The van der Waals surface area contributed by atoms with Crippen LogP contribution in [0.5, 0.6) is 0 Å². The Hall–Kier alpha value is -4.19. The van der Waals surface area contributed by atoms with Crippen LogP contribution in [0.25, 0.3) is 33.2 Å². The molecule has 0 saturated carbocycles. The first kappa shape index (κ1) is 16.9. The highest BCUT2D eigenvalue weighted by Crippen LogP contribution is 2.26. The van der Waals surface area contributed by atoms with Gasteiger partial charge in [-0.2, -0.15) is 5.10 Å². The van der Waals surface area contributed by atoms with Crippen molar-refractivity contribution in [2.45, 2.75) is 0 Å². The predicted octanol–water partition coefficient (Wildman–Crippen LogP) is 4.69. The third-order valence-electron chi connectivity index (χ3n) is 4.48. The van der Waals surface area contributed by atoms with Crippen LogP contribution >= 0.6 is 0 Å². The van der Waals surface area contributed by atoms with Gasteiger partial charge in [-0.1, -0.05) is 60.7 Å². The van der Waals surface area contributed by atoms with Gasteiger partial charge in [0.1, 0.15) is 5.69 Å². The van der Waals surface area contributed by atoms with Crippen molar-refractivity contribution in [1.82, 2.24) is 19.9 Å². The first-order valence-corrected chi connectivity index (χ1v) is 9.20. The summed E-state index contributed by atoms with van der Waals surface area (Å²) in [7, 11) is 0. The Morgan fingerprint density at radius 2 is 1.41 bits per heavy atom. The van der Waals surface area contributed by atoms with Crippen LogP contribution in [0.4, 0.5) is 5.95 Å². The highest BCUT2D eigenvalue weighted by Gasteiger charge is 2.09. The number of anilines is 1. The molecule has 0 bridgehead atoms. The smallest absolute Gasteiger partial charge is 0.244 e. The average Bonchev–Trinajstić information content (AvgIpc) is 2.79. The van der Waals surface area contributed by atoms with Crippen molar-refractivity contribution >= 4 is 34.1 Å². The minimum atomic E-state index is 0.424. The number of rotatable bonds is 4. The summed E-state index contributed by atoms with van der Waals surface area (Å²) in [5.74, 6) is 0.424. The lowest BCUT2D eigenvalue weighted by Crippen LogP contribution is -2.00. The number of hydrazone groups is 1. The minimum Gasteiger partial charge on any atom is -0.252 e. The number of hydrogen-bond donors (Lipinski definition) is 1. The molecule has 1 N–H and O–H groups in total. The molecule has 6 nitrogen and oxygen atoms in total. The molecule has 0 atom stereocenters.